The van der Waals surface area contributed by atoms with Crippen LogP contribution in [-0.4, -0.2) is 50.9 Å². The third-order valence-corrected chi connectivity index (χ3v) is 5.48. The molecule has 0 spiro atoms. The van der Waals surface area contributed by atoms with Gasteiger partial charge in [0.15, 0.2) is 0 Å². The van der Waals surface area contributed by atoms with Crippen LogP contribution in [0.4, 0.5) is 23.7 Å². The predicted molar refractivity (Wildman–Crippen MR) is 134 cm³/mol. The fourth-order valence-electron chi connectivity index (χ4n) is 3.60. The van der Waals surface area contributed by atoms with Crippen LogP contribution in [-0.2, 0) is 14.3 Å². The first-order chi connectivity index (χ1) is 18.0. The van der Waals surface area contributed by atoms with Gasteiger partial charge in [0.2, 0.25) is 5.91 Å². The van der Waals surface area contributed by atoms with Crippen LogP contribution in [0.2, 0.25) is 0 Å². The van der Waals surface area contributed by atoms with E-state index in [9.17, 15) is 32.7 Å². The standard InChI is InChI=1S/C24H29N3O5.C2HF3O2/c1-14-6-5-7-18(27-23(31)32-24(2,3)4)20-12-15(10-11-25-20)17-9-8-16(22(29)30)13-19(17)26-21(14)28;3-2(4,5)1(6)7/h8-14,18H,5-7H2,1-4H3,(H,26,28)(H,27,31)(H,29,30);(H,6,7)/t14-,18+;/m1./s1. The Kier molecular flexibility index (Phi) is 10.0. The molecule has 0 fully saturated rings. The van der Waals surface area contributed by atoms with Crippen LogP contribution in [0.1, 0.15) is 69.1 Å². The maximum absolute atomic E-state index is 12.8. The lowest BCUT2D eigenvalue weighted by atomic mass is 9.95. The molecule has 13 heteroatoms. The summed E-state index contributed by atoms with van der Waals surface area (Å²) in [6, 6.07) is 7.88. The Morgan fingerprint density at radius 3 is 2.28 bits per heavy atom. The second-order valence-electron chi connectivity index (χ2n) is 9.86. The largest absolute Gasteiger partial charge is 0.490 e. The second-order valence-corrected chi connectivity index (χ2v) is 9.86. The highest BCUT2D eigenvalue weighted by Crippen LogP contribution is 2.33. The van der Waals surface area contributed by atoms with Gasteiger partial charge in [0.25, 0.3) is 0 Å². The third-order valence-electron chi connectivity index (χ3n) is 5.48. The molecule has 1 aromatic heterocycles. The van der Waals surface area contributed by atoms with Crippen molar-refractivity contribution in [1.29, 1.82) is 0 Å². The summed E-state index contributed by atoms with van der Waals surface area (Å²) in [5.74, 6) is -4.30. The number of ether oxygens (including phenoxy) is 1. The first-order valence-corrected chi connectivity index (χ1v) is 11.9. The van der Waals surface area contributed by atoms with Crippen LogP contribution < -0.4 is 10.6 Å². The Balaban J connectivity index is 0.000000673. The van der Waals surface area contributed by atoms with Crippen molar-refractivity contribution in [2.24, 2.45) is 5.92 Å². The minimum Gasteiger partial charge on any atom is -0.478 e. The van der Waals surface area contributed by atoms with Crippen molar-refractivity contribution >= 4 is 29.6 Å². The SMILES string of the molecule is C[C@@H]1CCC[C@H](NC(=O)OC(C)(C)C)c2cc(ccn2)-c2ccc(C(=O)O)cc2NC1=O.O=C(O)C(F)(F)F. The fourth-order valence-corrected chi connectivity index (χ4v) is 3.60. The van der Waals surface area contributed by atoms with Crippen molar-refractivity contribution in [3.63, 3.8) is 0 Å². The van der Waals surface area contributed by atoms with E-state index >= 15 is 0 Å². The highest BCUT2D eigenvalue weighted by Gasteiger charge is 2.38. The summed E-state index contributed by atoms with van der Waals surface area (Å²) in [4.78, 5) is 50.0. The van der Waals surface area contributed by atoms with Crippen LogP contribution in [0, 0.1) is 5.92 Å². The number of nitrogens with zero attached hydrogens (tertiary/aromatic N) is 1. The number of rotatable bonds is 2. The molecule has 2 aromatic rings. The van der Waals surface area contributed by atoms with Crippen LogP contribution in [0.15, 0.2) is 36.5 Å². The number of carboxylic acids is 2. The van der Waals surface area contributed by atoms with Crippen LogP contribution >= 0.6 is 0 Å². The van der Waals surface area contributed by atoms with Crippen molar-refractivity contribution in [1.82, 2.24) is 10.3 Å². The molecule has 1 aliphatic rings. The maximum atomic E-state index is 12.8. The molecule has 0 radical (unpaired) electrons. The number of anilines is 1. The molecule has 39 heavy (non-hydrogen) atoms. The molecule has 3 rings (SSSR count). The van der Waals surface area contributed by atoms with Crippen molar-refractivity contribution in [3.05, 3.63) is 47.8 Å². The summed E-state index contributed by atoms with van der Waals surface area (Å²) in [6.45, 7) is 7.23. The van der Waals surface area contributed by atoms with Gasteiger partial charge >= 0.3 is 24.2 Å². The highest BCUT2D eigenvalue weighted by atomic mass is 19.4. The van der Waals surface area contributed by atoms with Gasteiger partial charge in [-0.05, 0) is 63.4 Å². The van der Waals surface area contributed by atoms with E-state index in [0.29, 0.717) is 36.2 Å². The van der Waals surface area contributed by atoms with Crippen LogP contribution in [0.3, 0.4) is 0 Å². The van der Waals surface area contributed by atoms with E-state index in [-0.39, 0.29) is 23.4 Å². The number of amides is 2. The number of fused-ring (bicyclic) bond motifs is 4. The number of alkyl halides is 3. The summed E-state index contributed by atoms with van der Waals surface area (Å²) < 4.78 is 37.2. The molecule has 2 bridgehead atoms. The number of carboxylic acid groups (broad SMARTS) is 2. The number of alkyl carbamates (subject to hydrolysis) is 1. The third kappa shape index (κ3) is 9.58. The first-order valence-electron chi connectivity index (χ1n) is 11.9. The fraction of sp³-hybridized carbons (Fsp3) is 0.423. The van der Waals surface area contributed by atoms with E-state index in [2.05, 4.69) is 15.6 Å². The average molecular weight is 554 g/mol. The number of aliphatic carboxylic acids is 1. The van der Waals surface area contributed by atoms with Gasteiger partial charge in [-0.15, -0.1) is 0 Å². The van der Waals surface area contributed by atoms with Gasteiger partial charge in [0.1, 0.15) is 5.60 Å². The van der Waals surface area contributed by atoms with Gasteiger partial charge < -0.3 is 25.6 Å². The Labute approximate surface area is 222 Å². The molecule has 0 saturated heterocycles. The smallest absolute Gasteiger partial charge is 0.478 e. The molecule has 2 amide bonds. The van der Waals surface area contributed by atoms with E-state index in [0.717, 1.165) is 5.56 Å². The lowest BCUT2D eigenvalue weighted by Crippen LogP contribution is -2.35. The minimum atomic E-state index is -5.08. The average Bonchev–Trinajstić information content (AvgIpc) is 2.81. The number of aromatic nitrogens is 1. The number of pyridine rings is 1. The topological polar surface area (TPSA) is 155 Å². The molecule has 0 saturated carbocycles. The number of nitrogens with one attached hydrogen (secondary N) is 2. The number of benzene rings is 1. The normalized spacial score (nSPS) is 17.6. The van der Waals surface area contributed by atoms with Crippen molar-refractivity contribution in [3.8, 4) is 11.1 Å². The summed E-state index contributed by atoms with van der Waals surface area (Å²) in [5, 5.41) is 22.3. The van der Waals surface area contributed by atoms with Crippen LogP contribution in [0.5, 0.6) is 0 Å². The van der Waals surface area contributed by atoms with Crippen LogP contribution in [0.25, 0.3) is 11.1 Å². The van der Waals surface area contributed by atoms with Gasteiger partial charge in [0.05, 0.1) is 17.3 Å². The molecule has 2 atom stereocenters. The van der Waals surface area contributed by atoms with E-state index in [1.807, 2.05) is 13.0 Å². The van der Waals surface area contributed by atoms with E-state index in [4.69, 9.17) is 14.6 Å². The zero-order valence-electron chi connectivity index (χ0n) is 21.8. The Morgan fingerprint density at radius 1 is 1.08 bits per heavy atom. The van der Waals surface area contributed by atoms with Gasteiger partial charge in [-0.3, -0.25) is 9.78 Å². The zero-order chi connectivity index (χ0) is 29.5. The van der Waals surface area contributed by atoms with Gasteiger partial charge in [-0.1, -0.05) is 19.4 Å². The minimum absolute atomic E-state index is 0.0857. The molecular formula is C26H30F3N3O7. The van der Waals surface area contributed by atoms with E-state index in [1.54, 1.807) is 39.1 Å². The van der Waals surface area contributed by atoms with Crippen molar-refractivity contribution < 1.29 is 47.3 Å². The lowest BCUT2D eigenvalue weighted by Gasteiger charge is -2.25. The van der Waals surface area contributed by atoms with Crippen molar-refractivity contribution in [2.45, 2.75) is 64.8 Å². The first kappa shape index (κ1) is 31.1. The number of carbonyl (C=O) groups is 4. The predicted octanol–water partition coefficient (Wildman–Crippen LogP) is 5.40. The number of carbonyl (C=O) groups excluding carboxylic acids is 2. The van der Waals surface area contributed by atoms with Gasteiger partial charge in [-0.2, -0.15) is 13.2 Å². The zero-order valence-corrected chi connectivity index (χ0v) is 21.8. The second kappa shape index (κ2) is 12.6. The summed E-state index contributed by atoms with van der Waals surface area (Å²) in [5.41, 5.74) is 1.99. The molecule has 1 aliphatic heterocycles. The highest BCUT2D eigenvalue weighted by molar-refractivity contribution is 5.99. The van der Waals surface area contributed by atoms with Gasteiger partial charge in [0, 0.05) is 23.4 Å². The number of hydrogen-bond donors (Lipinski definition) is 4. The molecule has 4 N–H and O–H groups in total. The van der Waals surface area contributed by atoms with E-state index < -0.39 is 29.8 Å². The summed E-state index contributed by atoms with van der Waals surface area (Å²) >= 11 is 0. The van der Waals surface area contributed by atoms with Gasteiger partial charge in [-0.25, -0.2) is 14.4 Å². The lowest BCUT2D eigenvalue weighted by molar-refractivity contribution is -0.192. The molecule has 212 valence electrons. The quantitative estimate of drug-likeness (QED) is 0.385. The molecule has 1 aromatic carbocycles. The molecule has 10 nitrogen and oxygen atoms in total. The number of aromatic carboxylic acids is 1. The summed E-state index contributed by atoms with van der Waals surface area (Å²) in [7, 11) is 0. The molecular weight excluding hydrogens is 523 g/mol. The monoisotopic (exact) mass is 553 g/mol. The van der Waals surface area contributed by atoms with Crippen molar-refractivity contribution in [2.75, 3.05) is 5.32 Å². The molecule has 0 unspecified atom stereocenters. The number of hydrogen-bond acceptors (Lipinski definition) is 6. The Bertz CT molecular complexity index is 1230. The Morgan fingerprint density at radius 2 is 1.72 bits per heavy atom. The molecule has 2 heterocycles. The number of halogens is 3. The van der Waals surface area contributed by atoms with E-state index in [1.165, 1.54) is 12.1 Å². The summed E-state index contributed by atoms with van der Waals surface area (Å²) in [6.07, 6.45) is -2.09. The maximum Gasteiger partial charge on any atom is 0.490 e. The Hall–Kier alpha value is -4.16. The molecule has 0 aliphatic carbocycles.